The molecule has 2 rings (SSSR count). The largest absolute Gasteiger partial charge is 0.263 e. The van der Waals surface area contributed by atoms with Crippen molar-refractivity contribution in [2.75, 3.05) is 4.72 Å². The van der Waals surface area contributed by atoms with Gasteiger partial charge in [-0.25, -0.2) is 8.42 Å². The molecule has 0 radical (unpaired) electrons. The molecule has 0 aliphatic carbocycles. The SMILES string of the molecule is Cn1ncc(C#N)c1NS(=O)(=O)c1ccc(Cl)cc1. The maximum absolute atomic E-state index is 12.1. The van der Waals surface area contributed by atoms with Crippen LogP contribution in [0.4, 0.5) is 5.82 Å². The second kappa shape index (κ2) is 4.91. The number of nitrogens with zero attached hydrogens (tertiary/aromatic N) is 3. The average molecular weight is 297 g/mol. The van der Waals surface area contributed by atoms with E-state index in [2.05, 4.69) is 9.82 Å². The van der Waals surface area contributed by atoms with E-state index in [1.54, 1.807) is 7.05 Å². The van der Waals surface area contributed by atoms with E-state index in [9.17, 15) is 8.42 Å². The lowest BCUT2D eigenvalue weighted by Crippen LogP contribution is -2.16. The van der Waals surface area contributed by atoms with Gasteiger partial charge in [0, 0.05) is 12.1 Å². The summed E-state index contributed by atoms with van der Waals surface area (Å²) in [5.41, 5.74) is 0.153. The van der Waals surface area contributed by atoms with Gasteiger partial charge in [0.2, 0.25) is 0 Å². The molecule has 1 heterocycles. The zero-order chi connectivity index (χ0) is 14.0. The highest BCUT2D eigenvalue weighted by Gasteiger charge is 2.18. The van der Waals surface area contributed by atoms with Gasteiger partial charge in [-0.15, -0.1) is 0 Å². The number of halogens is 1. The molecule has 1 aromatic heterocycles. The van der Waals surface area contributed by atoms with Crippen LogP contribution in [0.3, 0.4) is 0 Å². The number of anilines is 1. The third-order valence-corrected chi connectivity index (χ3v) is 4.02. The van der Waals surface area contributed by atoms with Crippen molar-refractivity contribution in [1.29, 1.82) is 5.26 Å². The summed E-state index contributed by atoms with van der Waals surface area (Å²) in [6.07, 6.45) is 1.29. The van der Waals surface area contributed by atoms with E-state index in [0.29, 0.717) is 5.02 Å². The first-order valence-electron chi connectivity index (χ1n) is 5.14. The molecule has 2 aromatic rings. The Bertz CT molecular complexity index is 744. The molecular formula is C11H9ClN4O2S. The van der Waals surface area contributed by atoms with Crippen LogP contribution in [0.25, 0.3) is 0 Å². The smallest absolute Gasteiger partial charge is 0.262 e. The minimum absolute atomic E-state index is 0.0574. The molecule has 0 fully saturated rings. The minimum atomic E-state index is -3.78. The Morgan fingerprint density at radius 3 is 2.58 bits per heavy atom. The summed E-state index contributed by atoms with van der Waals surface area (Å²) in [5.74, 6) is 0.123. The number of hydrogen-bond donors (Lipinski definition) is 1. The summed E-state index contributed by atoms with van der Waals surface area (Å²) in [4.78, 5) is 0.0574. The van der Waals surface area contributed by atoms with Crippen LogP contribution >= 0.6 is 11.6 Å². The van der Waals surface area contributed by atoms with Gasteiger partial charge in [0.15, 0.2) is 5.82 Å². The molecule has 0 atom stereocenters. The maximum Gasteiger partial charge on any atom is 0.263 e. The van der Waals surface area contributed by atoms with Crippen molar-refractivity contribution in [3.63, 3.8) is 0 Å². The molecule has 0 amide bonds. The van der Waals surface area contributed by atoms with Crippen molar-refractivity contribution in [3.05, 3.63) is 41.0 Å². The van der Waals surface area contributed by atoms with E-state index in [-0.39, 0.29) is 16.3 Å². The zero-order valence-corrected chi connectivity index (χ0v) is 11.4. The number of nitriles is 1. The molecule has 1 aromatic carbocycles. The number of aryl methyl sites for hydroxylation is 1. The number of hydrogen-bond acceptors (Lipinski definition) is 4. The standard InChI is InChI=1S/C11H9ClN4O2S/c1-16-11(8(6-13)7-14-16)15-19(17,18)10-4-2-9(12)3-5-10/h2-5,7,15H,1H3. The van der Waals surface area contributed by atoms with E-state index in [1.165, 1.54) is 35.1 Å². The Hall–Kier alpha value is -2.04. The fourth-order valence-corrected chi connectivity index (χ4v) is 2.68. The van der Waals surface area contributed by atoms with Crippen molar-refractivity contribution in [3.8, 4) is 6.07 Å². The Morgan fingerprint density at radius 1 is 1.37 bits per heavy atom. The normalized spacial score (nSPS) is 11.0. The van der Waals surface area contributed by atoms with E-state index in [4.69, 9.17) is 16.9 Å². The van der Waals surface area contributed by atoms with Gasteiger partial charge in [0.05, 0.1) is 11.1 Å². The van der Waals surface area contributed by atoms with Crippen molar-refractivity contribution < 1.29 is 8.42 Å². The predicted molar refractivity (Wildman–Crippen MR) is 70.2 cm³/mol. The summed E-state index contributed by atoms with van der Waals surface area (Å²) in [7, 11) is -2.23. The monoisotopic (exact) mass is 296 g/mol. The van der Waals surface area contributed by atoms with Crippen molar-refractivity contribution in [1.82, 2.24) is 9.78 Å². The van der Waals surface area contributed by atoms with Crippen LogP contribution in [-0.4, -0.2) is 18.2 Å². The number of aromatic nitrogens is 2. The Morgan fingerprint density at radius 2 is 2.00 bits per heavy atom. The Balaban J connectivity index is 2.39. The molecular weight excluding hydrogens is 288 g/mol. The van der Waals surface area contributed by atoms with Crippen molar-refractivity contribution in [2.24, 2.45) is 7.05 Å². The van der Waals surface area contributed by atoms with E-state index < -0.39 is 10.0 Å². The fourth-order valence-electron chi connectivity index (χ4n) is 1.44. The van der Waals surface area contributed by atoms with Crippen LogP contribution in [-0.2, 0) is 17.1 Å². The lowest BCUT2D eigenvalue weighted by molar-refractivity contribution is 0.600. The van der Waals surface area contributed by atoms with Gasteiger partial charge in [-0.2, -0.15) is 10.4 Å². The van der Waals surface area contributed by atoms with Crippen LogP contribution in [0.5, 0.6) is 0 Å². The first-order chi connectivity index (χ1) is 8.94. The molecule has 98 valence electrons. The van der Waals surface area contributed by atoms with E-state index >= 15 is 0 Å². The van der Waals surface area contributed by atoms with Gasteiger partial charge >= 0.3 is 0 Å². The molecule has 0 spiro atoms. The first-order valence-corrected chi connectivity index (χ1v) is 7.00. The van der Waals surface area contributed by atoms with Gasteiger partial charge < -0.3 is 0 Å². The molecule has 0 unspecified atom stereocenters. The third-order valence-electron chi connectivity index (χ3n) is 2.41. The van der Waals surface area contributed by atoms with Crippen molar-refractivity contribution >= 4 is 27.4 Å². The molecule has 0 saturated heterocycles. The van der Waals surface area contributed by atoms with Crippen LogP contribution in [0, 0.1) is 11.3 Å². The number of benzene rings is 1. The summed E-state index contributed by atoms with van der Waals surface area (Å²) < 4.78 is 27.9. The lowest BCUT2D eigenvalue weighted by Gasteiger charge is -2.08. The van der Waals surface area contributed by atoms with Gasteiger partial charge in [-0.3, -0.25) is 9.40 Å². The summed E-state index contributed by atoms with van der Waals surface area (Å²) >= 11 is 5.70. The van der Waals surface area contributed by atoms with Crippen LogP contribution in [0.2, 0.25) is 5.02 Å². The molecule has 1 N–H and O–H groups in total. The topological polar surface area (TPSA) is 87.8 Å². The minimum Gasteiger partial charge on any atom is -0.262 e. The zero-order valence-electron chi connectivity index (χ0n) is 9.83. The lowest BCUT2D eigenvalue weighted by atomic mass is 10.4. The van der Waals surface area contributed by atoms with Crippen molar-refractivity contribution in [2.45, 2.75) is 4.90 Å². The predicted octanol–water partition coefficient (Wildman–Crippen LogP) is 1.75. The Labute approximate surface area is 115 Å². The highest BCUT2D eigenvalue weighted by Crippen LogP contribution is 2.20. The fraction of sp³-hybridized carbons (Fsp3) is 0.0909. The van der Waals surface area contributed by atoms with Gasteiger partial charge in [-0.1, -0.05) is 11.6 Å². The van der Waals surface area contributed by atoms with Crippen LogP contribution in [0.1, 0.15) is 5.56 Å². The molecule has 0 saturated carbocycles. The summed E-state index contributed by atoms with van der Waals surface area (Å²) in [5, 5.41) is 13.1. The maximum atomic E-state index is 12.1. The number of rotatable bonds is 3. The molecule has 19 heavy (non-hydrogen) atoms. The summed E-state index contributed by atoms with van der Waals surface area (Å²) in [6.45, 7) is 0. The van der Waals surface area contributed by atoms with Crippen LogP contribution in [0.15, 0.2) is 35.4 Å². The van der Waals surface area contributed by atoms with Crippen LogP contribution < -0.4 is 4.72 Å². The molecule has 8 heteroatoms. The molecule has 0 aliphatic heterocycles. The number of sulfonamides is 1. The Kier molecular flexibility index (Phi) is 3.46. The van der Waals surface area contributed by atoms with Gasteiger partial charge in [0.1, 0.15) is 11.6 Å². The van der Waals surface area contributed by atoms with Gasteiger partial charge in [0.25, 0.3) is 10.0 Å². The van der Waals surface area contributed by atoms with E-state index in [0.717, 1.165) is 0 Å². The van der Waals surface area contributed by atoms with E-state index in [1.807, 2.05) is 6.07 Å². The second-order valence-corrected chi connectivity index (χ2v) is 5.82. The summed E-state index contributed by atoms with van der Waals surface area (Å²) in [6, 6.07) is 7.59. The van der Waals surface area contributed by atoms with Gasteiger partial charge in [-0.05, 0) is 24.3 Å². The number of nitrogens with one attached hydrogen (secondary N) is 1. The molecule has 0 aliphatic rings. The quantitative estimate of drug-likeness (QED) is 0.934. The second-order valence-electron chi connectivity index (χ2n) is 3.70. The first kappa shape index (κ1) is 13.4. The third kappa shape index (κ3) is 2.70. The molecule has 6 nitrogen and oxygen atoms in total. The average Bonchev–Trinajstić information content (AvgIpc) is 2.70. The highest BCUT2D eigenvalue weighted by atomic mass is 35.5. The highest BCUT2D eigenvalue weighted by molar-refractivity contribution is 7.92. The molecule has 0 bridgehead atoms.